The fraction of sp³-hybridized carbons (Fsp3) is 0.364. The highest BCUT2D eigenvalue weighted by Gasteiger charge is 2.07. The van der Waals surface area contributed by atoms with E-state index in [0.717, 1.165) is 11.7 Å². The molecule has 0 aliphatic carbocycles. The molecule has 5 nitrogen and oxygen atoms in total. The number of hydrogen-bond acceptors (Lipinski definition) is 5. The second kappa shape index (κ2) is 5.29. The summed E-state index contributed by atoms with van der Waals surface area (Å²) in [6.45, 7) is 2.99. The van der Waals surface area contributed by atoms with Crippen molar-refractivity contribution < 1.29 is 0 Å². The molecule has 2 aromatic rings. The summed E-state index contributed by atoms with van der Waals surface area (Å²) in [4.78, 5) is 1.18. The van der Waals surface area contributed by atoms with E-state index in [2.05, 4.69) is 46.0 Å². The van der Waals surface area contributed by atoms with Gasteiger partial charge in [-0.05, 0) is 53.4 Å². The van der Waals surface area contributed by atoms with E-state index in [1.807, 2.05) is 14.1 Å². The maximum Gasteiger partial charge on any atom is 0.213 e. The molecule has 1 aromatic carbocycles. The smallest absolute Gasteiger partial charge is 0.213 e. The summed E-state index contributed by atoms with van der Waals surface area (Å²) >= 11 is 1.58. The van der Waals surface area contributed by atoms with Crippen LogP contribution in [0.1, 0.15) is 11.1 Å². The Kier molecular flexibility index (Phi) is 3.75. The quantitative estimate of drug-likeness (QED) is 0.887. The van der Waals surface area contributed by atoms with Gasteiger partial charge in [-0.2, -0.15) is 0 Å². The Morgan fingerprint density at radius 1 is 1.41 bits per heavy atom. The van der Waals surface area contributed by atoms with Gasteiger partial charge in [0.05, 0.1) is 0 Å². The second-order valence-electron chi connectivity index (χ2n) is 3.82. The Balaban J connectivity index is 2.19. The molecule has 1 N–H and O–H groups in total. The molecule has 0 bridgehead atoms. The molecule has 0 radical (unpaired) electrons. The molecule has 0 atom stereocenters. The largest absolute Gasteiger partial charge is 0.316 e. The van der Waals surface area contributed by atoms with Gasteiger partial charge in [-0.15, -0.1) is 5.10 Å². The molecule has 90 valence electrons. The van der Waals surface area contributed by atoms with Crippen LogP contribution < -0.4 is 5.32 Å². The number of hydrogen-bond donors (Lipinski definition) is 1. The molecule has 0 amide bonds. The van der Waals surface area contributed by atoms with E-state index >= 15 is 0 Å². The number of aryl methyl sites for hydroxylation is 2. The first-order chi connectivity index (χ1) is 8.20. The van der Waals surface area contributed by atoms with Crippen molar-refractivity contribution in [3.8, 4) is 0 Å². The highest BCUT2D eigenvalue weighted by molar-refractivity contribution is 7.99. The van der Waals surface area contributed by atoms with E-state index < -0.39 is 0 Å². The zero-order chi connectivity index (χ0) is 12.3. The molecule has 1 heterocycles. The fourth-order valence-electron chi connectivity index (χ4n) is 1.55. The monoisotopic (exact) mass is 249 g/mol. The Morgan fingerprint density at radius 2 is 2.24 bits per heavy atom. The summed E-state index contributed by atoms with van der Waals surface area (Å²) in [6.07, 6.45) is 0. The van der Waals surface area contributed by atoms with Gasteiger partial charge in [0.25, 0.3) is 0 Å². The average molecular weight is 249 g/mol. The molecule has 0 aliphatic rings. The van der Waals surface area contributed by atoms with Crippen molar-refractivity contribution in [1.29, 1.82) is 0 Å². The fourth-order valence-corrected chi connectivity index (χ4v) is 2.34. The Morgan fingerprint density at radius 3 is 2.82 bits per heavy atom. The molecule has 2 rings (SSSR count). The number of nitrogens with zero attached hydrogens (tertiary/aromatic N) is 4. The Hall–Kier alpha value is -1.40. The second-order valence-corrected chi connectivity index (χ2v) is 4.83. The first-order valence-electron chi connectivity index (χ1n) is 5.35. The van der Waals surface area contributed by atoms with Gasteiger partial charge in [-0.3, -0.25) is 0 Å². The third-order valence-corrected chi connectivity index (χ3v) is 3.61. The molecule has 0 saturated heterocycles. The van der Waals surface area contributed by atoms with E-state index in [-0.39, 0.29) is 0 Å². The van der Waals surface area contributed by atoms with Crippen LogP contribution in [0, 0.1) is 6.92 Å². The molecule has 1 aromatic heterocycles. The summed E-state index contributed by atoms with van der Waals surface area (Å²) in [5.74, 6) is 0. The van der Waals surface area contributed by atoms with Gasteiger partial charge in [0.2, 0.25) is 5.16 Å². The van der Waals surface area contributed by atoms with E-state index in [4.69, 9.17) is 0 Å². The van der Waals surface area contributed by atoms with Crippen molar-refractivity contribution in [3.05, 3.63) is 29.3 Å². The SMILES string of the molecule is CNCc1ccc(Sc2nnnn2C)c(C)c1. The standard InChI is InChI=1S/C11H15N5S/c1-8-6-9(7-12-2)4-5-10(8)17-11-13-14-15-16(11)3/h4-6,12H,7H2,1-3H3. The van der Waals surface area contributed by atoms with Crippen LogP contribution in [-0.2, 0) is 13.6 Å². The van der Waals surface area contributed by atoms with Crippen molar-refractivity contribution in [2.75, 3.05) is 7.05 Å². The number of aromatic nitrogens is 4. The first-order valence-corrected chi connectivity index (χ1v) is 6.16. The number of tetrazole rings is 1. The van der Waals surface area contributed by atoms with Gasteiger partial charge in [0, 0.05) is 18.5 Å². The van der Waals surface area contributed by atoms with Crippen molar-refractivity contribution in [3.63, 3.8) is 0 Å². The lowest BCUT2D eigenvalue weighted by atomic mass is 10.1. The van der Waals surface area contributed by atoms with E-state index in [9.17, 15) is 0 Å². The minimum absolute atomic E-state index is 0.800. The van der Waals surface area contributed by atoms with Gasteiger partial charge in [0.1, 0.15) is 0 Å². The Bertz CT molecular complexity index is 508. The highest BCUT2D eigenvalue weighted by atomic mass is 32.2. The number of benzene rings is 1. The molecule has 0 spiro atoms. The van der Waals surface area contributed by atoms with Gasteiger partial charge in [0.15, 0.2) is 0 Å². The molecule has 0 unspecified atom stereocenters. The first kappa shape index (κ1) is 12.1. The summed E-state index contributed by atoms with van der Waals surface area (Å²) in [5.41, 5.74) is 2.52. The lowest BCUT2D eigenvalue weighted by Crippen LogP contribution is -2.05. The van der Waals surface area contributed by atoms with Crippen LogP contribution >= 0.6 is 11.8 Å². The van der Waals surface area contributed by atoms with Crippen LogP contribution in [0.2, 0.25) is 0 Å². The zero-order valence-electron chi connectivity index (χ0n) is 10.1. The molecular formula is C11H15N5S. The molecular weight excluding hydrogens is 234 g/mol. The summed E-state index contributed by atoms with van der Waals surface area (Å²) in [5, 5.41) is 15.3. The van der Waals surface area contributed by atoms with E-state index in [1.54, 1.807) is 16.4 Å². The highest BCUT2D eigenvalue weighted by Crippen LogP contribution is 2.28. The molecule has 6 heteroatoms. The summed E-state index contributed by atoms with van der Waals surface area (Å²) in [7, 11) is 3.79. The van der Waals surface area contributed by atoms with Crippen molar-refractivity contribution >= 4 is 11.8 Å². The minimum atomic E-state index is 0.800. The lowest BCUT2D eigenvalue weighted by Gasteiger charge is -2.07. The van der Waals surface area contributed by atoms with Gasteiger partial charge in [-0.25, -0.2) is 4.68 Å². The summed E-state index contributed by atoms with van der Waals surface area (Å²) < 4.78 is 1.67. The van der Waals surface area contributed by atoms with Crippen LogP contribution in [0.4, 0.5) is 0 Å². The maximum atomic E-state index is 3.96. The molecule has 17 heavy (non-hydrogen) atoms. The van der Waals surface area contributed by atoms with Crippen LogP contribution in [-0.4, -0.2) is 27.3 Å². The van der Waals surface area contributed by atoms with Gasteiger partial charge >= 0.3 is 0 Å². The van der Waals surface area contributed by atoms with Crippen molar-refractivity contribution in [2.24, 2.45) is 7.05 Å². The van der Waals surface area contributed by atoms with E-state index in [0.29, 0.717) is 0 Å². The zero-order valence-corrected chi connectivity index (χ0v) is 11.0. The Labute approximate surface area is 105 Å². The minimum Gasteiger partial charge on any atom is -0.316 e. The molecule has 0 aliphatic heterocycles. The van der Waals surface area contributed by atoms with Crippen LogP contribution in [0.3, 0.4) is 0 Å². The maximum absolute atomic E-state index is 3.96. The average Bonchev–Trinajstić information content (AvgIpc) is 2.69. The predicted octanol–water partition coefficient (Wildman–Crippen LogP) is 1.39. The van der Waals surface area contributed by atoms with Crippen LogP contribution in [0.15, 0.2) is 28.3 Å². The number of nitrogens with one attached hydrogen (secondary N) is 1. The van der Waals surface area contributed by atoms with Crippen molar-refractivity contribution in [1.82, 2.24) is 25.5 Å². The lowest BCUT2D eigenvalue weighted by molar-refractivity contribution is 0.664. The molecule has 0 saturated carbocycles. The topological polar surface area (TPSA) is 55.6 Å². The number of rotatable bonds is 4. The third kappa shape index (κ3) is 2.83. The van der Waals surface area contributed by atoms with Gasteiger partial charge in [-0.1, -0.05) is 12.1 Å². The third-order valence-electron chi connectivity index (χ3n) is 2.40. The predicted molar refractivity (Wildman–Crippen MR) is 66.9 cm³/mol. The summed E-state index contributed by atoms with van der Waals surface area (Å²) in [6, 6.07) is 6.42. The van der Waals surface area contributed by atoms with Gasteiger partial charge < -0.3 is 5.32 Å². The van der Waals surface area contributed by atoms with Crippen molar-refractivity contribution in [2.45, 2.75) is 23.5 Å². The molecule has 0 fully saturated rings. The van der Waals surface area contributed by atoms with E-state index in [1.165, 1.54) is 16.0 Å². The normalized spacial score (nSPS) is 10.8. The van der Waals surface area contributed by atoms with Crippen LogP contribution in [0.5, 0.6) is 0 Å². The van der Waals surface area contributed by atoms with Crippen LogP contribution in [0.25, 0.3) is 0 Å².